The first-order valence-electron chi connectivity index (χ1n) is 10.0. The summed E-state index contributed by atoms with van der Waals surface area (Å²) in [6.45, 7) is 0. The molecule has 0 bridgehead atoms. The second-order valence-corrected chi connectivity index (χ2v) is 16.6. The topological polar surface area (TPSA) is 58.9 Å². The van der Waals surface area contributed by atoms with Gasteiger partial charge in [-0.05, 0) is 48.1 Å². The Kier molecular flexibility index (Phi) is 9.18. The van der Waals surface area contributed by atoms with Gasteiger partial charge in [-0.1, -0.05) is 44.9 Å². The molecule has 0 saturated carbocycles. The summed E-state index contributed by atoms with van der Waals surface area (Å²) in [5.41, 5.74) is 0. The Balaban J connectivity index is 1.66. The summed E-state index contributed by atoms with van der Waals surface area (Å²) >= 11 is 0. The average Bonchev–Trinajstić information content (AvgIpc) is 3.00. The third-order valence-electron chi connectivity index (χ3n) is 6.41. The van der Waals surface area contributed by atoms with Crippen molar-refractivity contribution in [2.75, 3.05) is 14.2 Å². The minimum atomic E-state index is -2.02. The molecule has 0 aromatic rings. The van der Waals surface area contributed by atoms with Crippen LogP contribution in [0.25, 0.3) is 0 Å². The molecule has 0 aromatic heterocycles. The number of hydrogen-bond acceptors (Lipinski definition) is 4. The molecule has 0 aliphatic carbocycles. The molecule has 2 aliphatic rings. The molecular formula is C17H38O4Si3. The molecule has 0 amide bonds. The van der Waals surface area contributed by atoms with E-state index in [1.165, 1.54) is 44.9 Å². The Morgan fingerprint density at radius 2 is 1.33 bits per heavy atom. The van der Waals surface area contributed by atoms with Crippen molar-refractivity contribution in [3.63, 3.8) is 0 Å². The highest BCUT2D eigenvalue weighted by Gasteiger charge is 2.35. The highest BCUT2D eigenvalue weighted by Crippen LogP contribution is 2.33. The molecule has 2 N–H and O–H groups in total. The first-order chi connectivity index (χ1) is 11.6. The van der Waals surface area contributed by atoms with Gasteiger partial charge in [-0.3, -0.25) is 0 Å². The van der Waals surface area contributed by atoms with Crippen LogP contribution in [0.1, 0.15) is 44.9 Å². The second kappa shape index (κ2) is 10.6. The zero-order valence-corrected chi connectivity index (χ0v) is 19.0. The van der Waals surface area contributed by atoms with Crippen molar-refractivity contribution in [1.82, 2.24) is 0 Å². The molecule has 0 aromatic carbocycles. The Bertz CT molecular complexity index is 347. The molecule has 2 fully saturated rings. The Labute approximate surface area is 152 Å². The maximum atomic E-state index is 9.79. The Hall–Kier alpha value is 0.491. The van der Waals surface area contributed by atoms with Gasteiger partial charge in [0, 0.05) is 14.2 Å². The van der Waals surface area contributed by atoms with Crippen molar-refractivity contribution < 1.29 is 18.4 Å². The summed E-state index contributed by atoms with van der Waals surface area (Å²) in [7, 11) is -0.958. The van der Waals surface area contributed by atoms with E-state index in [-0.39, 0.29) is 0 Å². The molecule has 2 heterocycles. The van der Waals surface area contributed by atoms with Gasteiger partial charge < -0.3 is 18.4 Å². The van der Waals surface area contributed by atoms with E-state index in [4.69, 9.17) is 8.85 Å². The van der Waals surface area contributed by atoms with E-state index < -0.39 is 26.6 Å². The van der Waals surface area contributed by atoms with Crippen LogP contribution in [0.3, 0.4) is 0 Å². The Morgan fingerprint density at radius 3 is 1.83 bits per heavy atom. The molecule has 0 radical (unpaired) electrons. The maximum absolute atomic E-state index is 9.79. The van der Waals surface area contributed by atoms with E-state index in [2.05, 4.69) is 0 Å². The molecule has 2 unspecified atom stereocenters. The normalized spacial score (nSPS) is 31.5. The van der Waals surface area contributed by atoms with Gasteiger partial charge in [-0.2, -0.15) is 0 Å². The largest absolute Gasteiger partial charge is 0.435 e. The van der Waals surface area contributed by atoms with E-state index >= 15 is 0 Å². The highest BCUT2D eigenvalue weighted by atomic mass is 28.4. The Morgan fingerprint density at radius 1 is 0.833 bits per heavy atom. The van der Waals surface area contributed by atoms with E-state index in [0.717, 1.165) is 48.1 Å². The second-order valence-electron chi connectivity index (χ2n) is 8.11. The smallest absolute Gasteiger partial charge is 0.337 e. The third-order valence-corrected chi connectivity index (χ3v) is 14.3. The summed E-state index contributed by atoms with van der Waals surface area (Å²) in [6.07, 6.45) is 8.68. The van der Waals surface area contributed by atoms with Crippen LogP contribution in [-0.4, -0.2) is 50.5 Å². The lowest BCUT2D eigenvalue weighted by Gasteiger charge is -2.29. The van der Waals surface area contributed by atoms with Crippen molar-refractivity contribution in [2.24, 2.45) is 11.8 Å². The first-order valence-corrected chi connectivity index (χ1v) is 16.6. The van der Waals surface area contributed by atoms with Crippen LogP contribution in [0, 0.1) is 11.8 Å². The monoisotopic (exact) mass is 390 g/mol. The van der Waals surface area contributed by atoms with Gasteiger partial charge in [-0.15, -0.1) is 0 Å². The van der Waals surface area contributed by atoms with Crippen LogP contribution >= 0.6 is 0 Å². The van der Waals surface area contributed by atoms with Gasteiger partial charge in [0.05, 0.1) is 0 Å². The highest BCUT2D eigenvalue weighted by molar-refractivity contribution is 6.67. The summed E-state index contributed by atoms with van der Waals surface area (Å²) in [4.78, 5) is 19.5. The van der Waals surface area contributed by atoms with Crippen LogP contribution in [0.15, 0.2) is 0 Å². The van der Waals surface area contributed by atoms with Crippen molar-refractivity contribution in [2.45, 2.75) is 81.2 Å². The minimum absolute atomic E-state index is 0.768. The standard InChI is InChI=1S/C17H38O4Si3/c1-20-24(21-2,14-4-6-17-9-12-23(19)15-17)13-3-5-16-7-10-22(18)11-8-16/h16-19,22-23H,3-15H2,1-2H3. The van der Waals surface area contributed by atoms with E-state index in [9.17, 15) is 9.59 Å². The zero-order chi connectivity index (χ0) is 17.4. The summed E-state index contributed by atoms with van der Waals surface area (Å²) in [6, 6.07) is 6.71. The third kappa shape index (κ3) is 6.66. The maximum Gasteiger partial charge on any atom is 0.337 e. The molecule has 7 heteroatoms. The summed E-state index contributed by atoms with van der Waals surface area (Å²) in [5, 5.41) is 0. The van der Waals surface area contributed by atoms with E-state index in [1.807, 2.05) is 14.2 Å². The van der Waals surface area contributed by atoms with Gasteiger partial charge in [0.15, 0.2) is 18.1 Å². The predicted octanol–water partition coefficient (Wildman–Crippen LogP) is 3.14. The lowest BCUT2D eigenvalue weighted by molar-refractivity contribution is 0.236. The zero-order valence-electron chi connectivity index (χ0n) is 15.7. The quantitative estimate of drug-likeness (QED) is 0.563. The van der Waals surface area contributed by atoms with Crippen molar-refractivity contribution in [3.8, 4) is 0 Å². The van der Waals surface area contributed by atoms with Gasteiger partial charge in [-0.25, -0.2) is 0 Å². The minimum Gasteiger partial charge on any atom is -0.435 e. The molecule has 0 spiro atoms. The molecule has 2 atom stereocenters. The van der Waals surface area contributed by atoms with Crippen molar-refractivity contribution >= 4 is 26.6 Å². The average molecular weight is 391 g/mol. The van der Waals surface area contributed by atoms with Gasteiger partial charge in [0.25, 0.3) is 0 Å². The molecule has 2 rings (SSSR count). The van der Waals surface area contributed by atoms with Gasteiger partial charge in [0.2, 0.25) is 0 Å². The molecule has 142 valence electrons. The fourth-order valence-corrected chi connectivity index (χ4v) is 11.7. The van der Waals surface area contributed by atoms with Crippen LogP contribution in [0.2, 0.25) is 36.3 Å². The summed E-state index contributed by atoms with van der Waals surface area (Å²) in [5.74, 6) is 1.59. The van der Waals surface area contributed by atoms with Crippen molar-refractivity contribution in [1.29, 1.82) is 0 Å². The molecule has 4 nitrogen and oxygen atoms in total. The molecule has 24 heavy (non-hydrogen) atoms. The fraction of sp³-hybridized carbons (Fsp3) is 1.00. The SMILES string of the molecule is CO[Si](CCCC1CC[SiH](O)CC1)(CCCC1CC[SiH](O)C1)OC. The molecule has 2 aliphatic heterocycles. The van der Waals surface area contributed by atoms with E-state index in [1.54, 1.807) is 0 Å². The fourth-order valence-electron chi connectivity index (χ4n) is 4.68. The number of rotatable bonds is 10. The number of hydrogen-bond donors (Lipinski definition) is 2. The predicted molar refractivity (Wildman–Crippen MR) is 107 cm³/mol. The summed E-state index contributed by atoms with van der Waals surface area (Å²) < 4.78 is 11.8. The first kappa shape index (κ1) is 20.8. The van der Waals surface area contributed by atoms with Crippen LogP contribution in [0.4, 0.5) is 0 Å². The van der Waals surface area contributed by atoms with Crippen LogP contribution < -0.4 is 0 Å². The molecular weight excluding hydrogens is 352 g/mol. The van der Waals surface area contributed by atoms with Crippen molar-refractivity contribution in [3.05, 3.63) is 0 Å². The van der Waals surface area contributed by atoms with Gasteiger partial charge >= 0.3 is 8.56 Å². The van der Waals surface area contributed by atoms with Crippen LogP contribution in [-0.2, 0) is 8.85 Å². The van der Waals surface area contributed by atoms with E-state index in [0.29, 0.717) is 0 Å². The van der Waals surface area contributed by atoms with Crippen LogP contribution in [0.5, 0.6) is 0 Å². The lowest BCUT2D eigenvalue weighted by Crippen LogP contribution is -2.40. The lowest BCUT2D eigenvalue weighted by atomic mass is 9.97. The van der Waals surface area contributed by atoms with Gasteiger partial charge in [0.1, 0.15) is 0 Å². The molecule has 2 saturated heterocycles.